The maximum Gasteiger partial charge on any atom is 0.407 e. The van der Waals surface area contributed by atoms with E-state index in [0.29, 0.717) is 24.7 Å². The molecular formula is C42H52N8O6. The van der Waals surface area contributed by atoms with E-state index in [9.17, 15) is 19.2 Å². The van der Waals surface area contributed by atoms with Gasteiger partial charge in [-0.2, -0.15) is 0 Å². The maximum absolute atomic E-state index is 13.7. The number of nitrogens with one attached hydrogen (secondary N) is 4. The largest absolute Gasteiger partial charge is 0.453 e. The van der Waals surface area contributed by atoms with Gasteiger partial charge >= 0.3 is 12.2 Å². The summed E-state index contributed by atoms with van der Waals surface area (Å²) in [5.74, 6) is 7.57. The molecular weight excluding hydrogens is 713 g/mol. The lowest BCUT2D eigenvalue weighted by Crippen LogP contribution is -2.51. The number of carbonyl (C=O) groups is 4. The summed E-state index contributed by atoms with van der Waals surface area (Å²) in [4.78, 5) is 71.5. The van der Waals surface area contributed by atoms with Crippen LogP contribution in [0.2, 0.25) is 0 Å². The van der Waals surface area contributed by atoms with Gasteiger partial charge in [0.25, 0.3) is 0 Å². The summed E-state index contributed by atoms with van der Waals surface area (Å²) in [6.07, 6.45) is 5.24. The van der Waals surface area contributed by atoms with Gasteiger partial charge in [0.2, 0.25) is 11.8 Å². The zero-order valence-corrected chi connectivity index (χ0v) is 33.0. The van der Waals surface area contributed by atoms with Gasteiger partial charge in [-0.15, -0.1) is 0 Å². The van der Waals surface area contributed by atoms with Crippen molar-refractivity contribution >= 4 is 35.0 Å². The highest BCUT2D eigenvalue weighted by molar-refractivity contribution is 5.87. The molecule has 0 spiro atoms. The molecule has 2 aliphatic heterocycles. The molecule has 0 saturated carbocycles. The Kier molecular flexibility index (Phi) is 12.6. The zero-order valence-electron chi connectivity index (χ0n) is 33.0. The van der Waals surface area contributed by atoms with E-state index in [1.54, 1.807) is 6.20 Å². The second-order valence-corrected chi connectivity index (χ2v) is 14.7. The SMILES string of the molecule is CC[C@@H](C)[C@H](NC(=O)OC)C(=O)N1CCC[C@H]1c1ncc(-c2ccc(C#Cc3ccc4nc([C@@H]5CCCN5C(=O)[C@@H](NC(=O)OC)[C@H](C)CC)[nH]c4c3)cc2)[nH]1. The fourth-order valence-electron chi connectivity index (χ4n) is 7.52. The van der Waals surface area contributed by atoms with Crippen LogP contribution >= 0.6 is 0 Å². The monoisotopic (exact) mass is 764 g/mol. The number of ether oxygens (including phenoxy) is 2. The van der Waals surface area contributed by atoms with Crippen molar-refractivity contribution in [3.63, 3.8) is 0 Å². The van der Waals surface area contributed by atoms with E-state index >= 15 is 0 Å². The van der Waals surface area contributed by atoms with Gasteiger partial charge in [0.05, 0.1) is 49.2 Å². The molecule has 296 valence electrons. The molecule has 14 nitrogen and oxygen atoms in total. The minimum atomic E-state index is -0.683. The Labute approximate surface area is 327 Å². The summed E-state index contributed by atoms with van der Waals surface area (Å²) in [5.41, 5.74) is 5.07. The van der Waals surface area contributed by atoms with E-state index in [-0.39, 0.29) is 35.7 Å². The van der Waals surface area contributed by atoms with Crippen LogP contribution in [0.4, 0.5) is 9.59 Å². The van der Waals surface area contributed by atoms with Gasteiger partial charge in [0.1, 0.15) is 23.7 Å². The van der Waals surface area contributed by atoms with Crippen LogP contribution in [0.15, 0.2) is 48.7 Å². The topological polar surface area (TPSA) is 175 Å². The van der Waals surface area contributed by atoms with Gasteiger partial charge in [-0.05, 0) is 73.4 Å². The fraction of sp³-hybridized carbons (Fsp3) is 0.476. The molecule has 2 aliphatic rings. The number of amides is 4. The molecule has 2 aromatic heterocycles. The smallest absolute Gasteiger partial charge is 0.407 e. The third-order valence-electron chi connectivity index (χ3n) is 11.2. The molecule has 2 saturated heterocycles. The lowest BCUT2D eigenvalue weighted by molar-refractivity contribution is -0.136. The van der Waals surface area contributed by atoms with Crippen molar-refractivity contribution in [2.75, 3.05) is 27.3 Å². The third-order valence-corrected chi connectivity index (χ3v) is 11.2. The van der Waals surface area contributed by atoms with Crippen molar-refractivity contribution in [1.29, 1.82) is 0 Å². The van der Waals surface area contributed by atoms with Gasteiger partial charge in [0, 0.05) is 24.2 Å². The highest BCUT2D eigenvalue weighted by Gasteiger charge is 2.39. The molecule has 4 aromatic rings. The van der Waals surface area contributed by atoms with Crippen LogP contribution in [0.5, 0.6) is 0 Å². The summed E-state index contributed by atoms with van der Waals surface area (Å²) in [6, 6.07) is 11.9. The number of imidazole rings is 2. The van der Waals surface area contributed by atoms with Gasteiger partial charge in [0.15, 0.2) is 0 Å². The third kappa shape index (κ3) is 8.67. The minimum Gasteiger partial charge on any atom is -0.453 e. The van der Waals surface area contributed by atoms with Crippen molar-refractivity contribution in [2.24, 2.45) is 11.8 Å². The molecule has 6 rings (SSSR count). The summed E-state index contributed by atoms with van der Waals surface area (Å²) < 4.78 is 9.59. The number of nitrogens with zero attached hydrogens (tertiary/aromatic N) is 4. The van der Waals surface area contributed by atoms with Gasteiger partial charge in [-0.3, -0.25) is 9.59 Å². The first-order chi connectivity index (χ1) is 27.0. The Morgan fingerprint density at radius 2 is 1.32 bits per heavy atom. The van der Waals surface area contributed by atoms with E-state index in [0.717, 1.165) is 71.9 Å². The Morgan fingerprint density at radius 3 is 1.88 bits per heavy atom. The van der Waals surface area contributed by atoms with Gasteiger partial charge in [-0.25, -0.2) is 19.6 Å². The molecule has 0 bridgehead atoms. The van der Waals surface area contributed by atoms with E-state index < -0.39 is 24.3 Å². The lowest BCUT2D eigenvalue weighted by atomic mass is 9.97. The second kappa shape index (κ2) is 17.7. The number of hydrogen-bond donors (Lipinski definition) is 4. The van der Waals surface area contributed by atoms with Crippen LogP contribution in [-0.4, -0.2) is 93.1 Å². The minimum absolute atomic E-state index is 0.0582. The van der Waals surface area contributed by atoms with Crippen LogP contribution in [0.1, 0.15) is 101 Å². The Bertz CT molecular complexity index is 2100. The van der Waals surface area contributed by atoms with Crippen molar-refractivity contribution in [2.45, 2.75) is 90.4 Å². The van der Waals surface area contributed by atoms with Crippen LogP contribution < -0.4 is 10.6 Å². The molecule has 0 unspecified atom stereocenters. The van der Waals surface area contributed by atoms with Crippen LogP contribution in [0.3, 0.4) is 0 Å². The summed E-state index contributed by atoms with van der Waals surface area (Å²) >= 11 is 0. The van der Waals surface area contributed by atoms with Gasteiger partial charge < -0.3 is 39.9 Å². The van der Waals surface area contributed by atoms with Crippen LogP contribution in [0, 0.1) is 23.7 Å². The van der Waals surface area contributed by atoms with E-state index in [4.69, 9.17) is 14.5 Å². The molecule has 6 atom stereocenters. The molecule has 56 heavy (non-hydrogen) atoms. The molecule has 14 heteroatoms. The molecule has 2 aromatic carbocycles. The van der Waals surface area contributed by atoms with Crippen molar-refractivity contribution < 1.29 is 28.7 Å². The summed E-state index contributed by atoms with van der Waals surface area (Å²) in [6.45, 7) is 9.06. The number of benzene rings is 2. The lowest BCUT2D eigenvalue weighted by Gasteiger charge is -2.30. The normalized spacial score (nSPS) is 18.8. The quantitative estimate of drug-likeness (QED) is 0.130. The number of alkyl carbamates (subject to hydrolysis) is 2. The summed E-state index contributed by atoms with van der Waals surface area (Å²) in [5, 5.41) is 5.48. The van der Waals surface area contributed by atoms with E-state index in [1.165, 1.54) is 14.2 Å². The number of methoxy groups -OCH3 is 2. The zero-order chi connectivity index (χ0) is 39.9. The number of hydrogen-bond acceptors (Lipinski definition) is 8. The van der Waals surface area contributed by atoms with Crippen molar-refractivity contribution in [3.05, 3.63) is 71.4 Å². The summed E-state index contributed by atoms with van der Waals surface area (Å²) in [7, 11) is 2.59. The number of likely N-dealkylation sites (tertiary alicyclic amines) is 2. The molecule has 0 aliphatic carbocycles. The van der Waals surface area contributed by atoms with Crippen molar-refractivity contribution in [1.82, 2.24) is 40.4 Å². The first kappa shape index (κ1) is 39.8. The van der Waals surface area contributed by atoms with Crippen LogP contribution in [0.25, 0.3) is 22.3 Å². The Morgan fingerprint density at radius 1 is 0.786 bits per heavy atom. The highest BCUT2D eigenvalue weighted by atomic mass is 16.5. The second-order valence-electron chi connectivity index (χ2n) is 14.7. The predicted octanol–water partition coefficient (Wildman–Crippen LogP) is 6.22. The number of H-pyrrole nitrogens is 2. The first-order valence-electron chi connectivity index (χ1n) is 19.5. The number of aromatic amines is 2. The predicted molar refractivity (Wildman–Crippen MR) is 211 cm³/mol. The molecule has 4 amide bonds. The van der Waals surface area contributed by atoms with E-state index in [1.807, 2.05) is 80.0 Å². The average Bonchev–Trinajstić information content (AvgIpc) is 4.06. The molecule has 0 radical (unpaired) electrons. The van der Waals surface area contributed by atoms with E-state index in [2.05, 4.69) is 37.4 Å². The highest BCUT2D eigenvalue weighted by Crippen LogP contribution is 2.34. The van der Waals surface area contributed by atoms with Crippen LogP contribution in [-0.2, 0) is 19.1 Å². The fourth-order valence-corrected chi connectivity index (χ4v) is 7.52. The number of carbonyl (C=O) groups excluding carboxylic acids is 4. The standard InChI is InChI=1S/C42H52N8O6/c1-7-25(3)35(47-41(53)55-5)39(51)49-21-9-11-33(49)37-43-24-32(46-37)29-18-15-27(16-19-29)13-14-28-17-20-30-31(23-28)45-38(44-30)34-12-10-22-50(34)40(52)36(26(4)8-2)48-42(54)56-6/h15-20,23-26,33-36H,7-12,21-22H2,1-6H3,(H,43,46)(H,44,45)(H,47,53)(H,48,54)/t25-,26-,33+,34+,35+,36+/m1/s1. The first-order valence-corrected chi connectivity index (χ1v) is 19.5. The maximum atomic E-state index is 13.7. The Balaban J connectivity index is 1.12. The molecule has 2 fully saturated rings. The number of fused-ring (bicyclic) bond motifs is 1. The Hall–Kier alpha value is -5.84. The molecule has 4 heterocycles. The van der Waals surface area contributed by atoms with Gasteiger partial charge in [-0.1, -0.05) is 64.5 Å². The number of aromatic nitrogens is 4. The average molecular weight is 765 g/mol. The molecule has 4 N–H and O–H groups in total. The van der Waals surface area contributed by atoms with Crippen molar-refractivity contribution in [3.8, 4) is 23.1 Å². The number of rotatable bonds is 11.